The van der Waals surface area contributed by atoms with Crippen LogP contribution in [0.4, 0.5) is 26.3 Å². The van der Waals surface area contributed by atoms with Crippen LogP contribution in [-0.4, -0.2) is 57.4 Å². The number of sulfonamides is 2. The molecule has 152 valence electrons. The summed E-state index contributed by atoms with van der Waals surface area (Å²) in [6.07, 6.45) is 4.28. The Morgan fingerprint density at radius 1 is 0.800 bits per heavy atom. The van der Waals surface area contributed by atoms with E-state index in [1.807, 2.05) is 0 Å². The summed E-state index contributed by atoms with van der Waals surface area (Å²) in [5.41, 5.74) is -10.6. The molecule has 0 saturated heterocycles. The van der Waals surface area contributed by atoms with Gasteiger partial charge >= 0.3 is 31.1 Å². The Morgan fingerprint density at radius 3 is 1.08 bits per heavy atom. The normalized spacial score (nSPS) is 15.3. The van der Waals surface area contributed by atoms with E-state index in [-0.39, 0.29) is 0 Å². The molecule has 25 heavy (non-hydrogen) atoms. The Labute approximate surface area is 141 Å². The smallest absolute Gasteiger partial charge is 0.359 e. The summed E-state index contributed by atoms with van der Waals surface area (Å²) in [5, 5.41) is 7.32. The van der Waals surface area contributed by atoms with Crippen molar-refractivity contribution >= 4 is 20.0 Å². The second-order valence-electron chi connectivity index (χ2n) is 4.23. The highest BCUT2D eigenvalue weighted by Gasteiger charge is 2.43. The number of nitrogens with two attached hydrogens (primary N) is 2. The van der Waals surface area contributed by atoms with Crippen molar-refractivity contribution in [3.8, 4) is 0 Å². The largest absolute Gasteiger partial charge is 0.511 e. The van der Waals surface area contributed by atoms with E-state index < -0.39 is 31.1 Å². The Balaban J connectivity index is 0. The van der Waals surface area contributed by atoms with Crippen LogP contribution in [0.2, 0.25) is 0 Å². The zero-order valence-corrected chi connectivity index (χ0v) is 14.7. The van der Waals surface area contributed by atoms with E-state index in [1.54, 1.807) is 0 Å². The molecule has 0 amide bonds. The summed E-state index contributed by atoms with van der Waals surface area (Å²) in [5.74, 6) is 0. The second kappa shape index (κ2) is 9.44. The predicted octanol–water partition coefficient (Wildman–Crippen LogP) is 0.662. The Hall–Kier alpha value is -1.26. The van der Waals surface area contributed by atoms with Gasteiger partial charge in [-0.15, -0.1) is 0 Å². The van der Waals surface area contributed by atoms with Crippen LogP contribution < -0.4 is 10.3 Å². The van der Waals surface area contributed by atoms with Gasteiger partial charge in [-0.3, -0.25) is 0 Å². The van der Waals surface area contributed by atoms with Crippen LogP contribution in [0.1, 0.15) is 13.8 Å². The molecule has 0 fully saturated rings. The fraction of sp³-hybridized carbons (Fsp3) is 0.778. The summed E-state index contributed by atoms with van der Waals surface area (Å²) < 4.78 is 102. The van der Waals surface area contributed by atoms with Gasteiger partial charge in [0.1, 0.15) is 0 Å². The standard InChI is InChI=1S/C7H14N2.2CH2F3NO2S/c1-3-8-5-6-9(4-2)7-8;2*2-1(3,4)8(5,6)7/h5-6H,3-4,7H2,1-2H3;2*(H2,5,6,7). The number of alkyl halides is 6. The first-order valence-electron chi connectivity index (χ1n) is 6.21. The first-order valence-corrected chi connectivity index (χ1v) is 9.30. The Bertz CT molecular complexity index is 575. The maximum Gasteiger partial charge on any atom is 0.511 e. The fourth-order valence-electron chi connectivity index (χ4n) is 0.927. The molecule has 0 aromatic heterocycles. The van der Waals surface area contributed by atoms with Crippen LogP contribution in [0.15, 0.2) is 12.4 Å². The van der Waals surface area contributed by atoms with Crippen molar-refractivity contribution in [2.75, 3.05) is 19.8 Å². The maximum atomic E-state index is 10.8. The van der Waals surface area contributed by atoms with Gasteiger partial charge in [0.15, 0.2) is 0 Å². The minimum atomic E-state index is -5.34. The van der Waals surface area contributed by atoms with Crippen molar-refractivity contribution in [3.05, 3.63) is 12.4 Å². The molecule has 0 aromatic rings. The molecule has 8 nitrogen and oxygen atoms in total. The third-order valence-corrected chi connectivity index (χ3v) is 3.60. The van der Waals surface area contributed by atoms with Gasteiger partial charge in [0, 0.05) is 25.5 Å². The minimum absolute atomic E-state index is 1.08. The van der Waals surface area contributed by atoms with Gasteiger partial charge in [0.05, 0.1) is 6.67 Å². The zero-order chi connectivity index (χ0) is 20.7. The first kappa shape index (κ1) is 26.0. The minimum Gasteiger partial charge on any atom is -0.359 e. The van der Waals surface area contributed by atoms with Gasteiger partial charge in [-0.2, -0.15) is 26.3 Å². The van der Waals surface area contributed by atoms with Gasteiger partial charge in [0.2, 0.25) is 0 Å². The lowest BCUT2D eigenvalue weighted by atomic mass is 10.6. The highest BCUT2D eigenvalue weighted by molar-refractivity contribution is 7.90. The monoisotopic (exact) mass is 424 g/mol. The molecule has 0 aliphatic carbocycles. The molecule has 0 radical (unpaired) electrons. The summed E-state index contributed by atoms with van der Waals surface area (Å²) in [7, 11) is -10.7. The number of halogens is 6. The molecular formula is C9H18F6N4O4S2. The third-order valence-electron chi connectivity index (χ3n) is 2.31. The SMILES string of the molecule is CCN1C=CN(CC)C1.NS(=O)(=O)C(F)(F)F.NS(=O)(=O)C(F)(F)F. The zero-order valence-electron chi connectivity index (χ0n) is 13.0. The summed E-state index contributed by atoms with van der Waals surface area (Å²) >= 11 is 0. The number of hydrogen-bond donors (Lipinski definition) is 2. The van der Waals surface area contributed by atoms with Crippen molar-refractivity contribution < 1.29 is 43.2 Å². The van der Waals surface area contributed by atoms with Gasteiger partial charge in [-0.1, -0.05) is 0 Å². The Kier molecular flexibility index (Phi) is 9.81. The topological polar surface area (TPSA) is 127 Å². The van der Waals surface area contributed by atoms with E-state index in [0.29, 0.717) is 0 Å². The molecule has 0 spiro atoms. The van der Waals surface area contributed by atoms with Crippen LogP contribution >= 0.6 is 0 Å². The highest BCUT2D eigenvalue weighted by atomic mass is 32.2. The molecule has 1 heterocycles. The number of hydrogen-bond acceptors (Lipinski definition) is 6. The van der Waals surface area contributed by atoms with E-state index >= 15 is 0 Å². The van der Waals surface area contributed by atoms with Crippen LogP contribution in [0.25, 0.3) is 0 Å². The van der Waals surface area contributed by atoms with Gasteiger partial charge in [0.25, 0.3) is 0 Å². The average molecular weight is 424 g/mol. The quantitative estimate of drug-likeness (QED) is 0.627. The van der Waals surface area contributed by atoms with Crippen LogP contribution in [0.3, 0.4) is 0 Å². The highest BCUT2D eigenvalue weighted by Crippen LogP contribution is 2.19. The number of nitrogens with zero attached hydrogens (tertiary/aromatic N) is 2. The van der Waals surface area contributed by atoms with E-state index in [9.17, 15) is 43.2 Å². The van der Waals surface area contributed by atoms with E-state index in [0.717, 1.165) is 19.8 Å². The van der Waals surface area contributed by atoms with Gasteiger partial charge < -0.3 is 9.80 Å². The van der Waals surface area contributed by atoms with Crippen molar-refractivity contribution in [2.45, 2.75) is 24.9 Å². The molecule has 4 N–H and O–H groups in total. The third kappa shape index (κ3) is 11.1. The molecule has 0 unspecified atom stereocenters. The van der Waals surface area contributed by atoms with Gasteiger partial charge in [-0.05, 0) is 13.8 Å². The molecule has 1 aliphatic rings. The molecular weight excluding hydrogens is 406 g/mol. The van der Waals surface area contributed by atoms with E-state index in [2.05, 4.69) is 46.3 Å². The Morgan fingerprint density at radius 2 is 1.00 bits per heavy atom. The van der Waals surface area contributed by atoms with Crippen LogP contribution in [0, 0.1) is 0 Å². The first-order chi connectivity index (χ1) is 10.9. The van der Waals surface area contributed by atoms with Crippen molar-refractivity contribution in [1.29, 1.82) is 0 Å². The summed E-state index contributed by atoms with van der Waals surface area (Å²) in [6.45, 7) is 7.65. The lowest BCUT2D eigenvalue weighted by Crippen LogP contribution is -2.30. The van der Waals surface area contributed by atoms with Crippen LogP contribution in [0.5, 0.6) is 0 Å². The van der Waals surface area contributed by atoms with Gasteiger partial charge in [-0.25, -0.2) is 27.1 Å². The van der Waals surface area contributed by atoms with E-state index in [4.69, 9.17) is 0 Å². The average Bonchev–Trinajstić information content (AvgIpc) is 2.83. The number of primary sulfonamides is 2. The maximum absolute atomic E-state index is 10.8. The fourth-order valence-corrected chi connectivity index (χ4v) is 0.927. The van der Waals surface area contributed by atoms with Crippen molar-refractivity contribution in [1.82, 2.24) is 9.80 Å². The second-order valence-corrected chi connectivity index (χ2v) is 7.34. The van der Waals surface area contributed by atoms with Crippen LogP contribution in [-0.2, 0) is 20.0 Å². The van der Waals surface area contributed by atoms with Crippen molar-refractivity contribution in [3.63, 3.8) is 0 Å². The predicted molar refractivity (Wildman–Crippen MR) is 77.1 cm³/mol. The summed E-state index contributed by atoms with van der Waals surface area (Å²) in [6, 6.07) is 0. The molecule has 1 aliphatic heterocycles. The number of rotatable bonds is 2. The molecule has 16 heteroatoms. The van der Waals surface area contributed by atoms with Crippen molar-refractivity contribution in [2.24, 2.45) is 10.3 Å². The lowest BCUT2D eigenvalue weighted by molar-refractivity contribution is -0.0441. The molecule has 1 rings (SSSR count). The molecule has 0 bridgehead atoms. The van der Waals surface area contributed by atoms with E-state index in [1.165, 1.54) is 0 Å². The molecule has 0 saturated carbocycles. The lowest BCUT2D eigenvalue weighted by Gasteiger charge is -2.17. The molecule has 0 atom stereocenters. The summed E-state index contributed by atoms with van der Waals surface area (Å²) in [4.78, 5) is 4.56. The molecule has 0 aromatic carbocycles.